The van der Waals surface area contributed by atoms with Crippen molar-refractivity contribution in [2.75, 3.05) is 33.4 Å². The molecule has 0 radical (unpaired) electrons. The zero-order valence-corrected chi connectivity index (χ0v) is 13.3. The van der Waals surface area contributed by atoms with E-state index in [1.165, 1.54) is 0 Å². The normalized spacial score (nSPS) is 27.7. The third-order valence-corrected chi connectivity index (χ3v) is 5.49. The molecule has 21 heavy (non-hydrogen) atoms. The average Bonchev–Trinajstić information content (AvgIpc) is 3.18. The molecule has 2 heterocycles. The minimum atomic E-state index is -0.306. The van der Waals surface area contributed by atoms with Crippen LogP contribution in [0.1, 0.15) is 45.4 Å². The lowest BCUT2D eigenvalue weighted by atomic mass is 9.88. The van der Waals surface area contributed by atoms with Gasteiger partial charge >= 0.3 is 0 Å². The maximum absolute atomic E-state index is 12.5. The number of rotatable bonds is 3. The zero-order chi connectivity index (χ0) is 14.9. The van der Waals surface area contributed by atoms with Crippen LogP contribution < -0.4 is 0 Å². The van der Waals surface area contributed by atoms with Crippen molar-refractivity contribution in [3.05, 3.63) is 0 Å². The van der Waals surface area contributed by atoms with E-state index in [4.69, 9.17) is 9.47 Å². The van der Waals surface area contributed by atoms with Gasteiger partial charge in [0.25, 0.3) is 0 Å². The van der Waals surface area contributed by atoms with Crippen molar-refractivity contribution in [3.63, 3.8) is 0 Å². The smallest absolute Gasteiger partial charge is 0.239 e. The van der Waals surface area contributed by atoms with Crippen LogP contribution in [-0.4, -0.2) is 66.9 Å². The van der Waals surface area contributed by atoms with Gasteiger partial charge in [-0.05, 0) is 39.7 Å². The minimum absolute atomic E-state index is 0.0208. The van der Waals surface area contributed by atoms with Crippen LogP contribution in [0.4, 0.5) is 0 Å². The largest absolute Gasteiger partial charge is 0.348 e. The highest BCUT2D eigenvalue weighted by atomic mass is 16.7. The number of nitrogens with zero attached hydrogens (tertiary/aromatic N) is 2. The van der Waals surface area contributed by atoms with Gasteiger partial charge in [0.1, 0.15) is 0 Å². The highest BCUT2D eigenvalue weighted by Crippen LogP contribution is 2.37. The molecule has 0 aromatic heterocycles. The monoisotopic (exact) mass is 296 g/mol. The van der Waals surface area contributed by atoms with Crippen LogP contribution >= 0.6 is 0 Å². The van der Waals surface area contributed by atoms with E-state index in [2.05, 4.69) is 11.9 Å². The molecule has 0 bridgehead atoms. The molecule has 1 aliphatic carbocycles. The van der Waals surface area contributed by atoms with E-state index in [0.29, 0.717) is 11.9 Å². The number of carbonyl (C=O) groups excluding carboxylic acids is 1. The summed E-state index contributed by atoms with van der Waals surface area (Å²) < 4.78 is 11.6. The fourth-order valence-electron chi connectivity index (χ4n) is 3.93. The summed E-state index contributed by atoms with van der Waals surface area (Å²) in [6.45, 7) is 5.38. The van der Waals surface area contributed by atoms with Crippen molar-refractivity contribution < 1.29 is 14.3 Å². The summed E-state index contributed by atoms with van der Waals surface area (Å²) >= 11 is 0. The van der Waals surface area contributed by atoms with Crippen molar-refractivity contribution in [3.8, 4) is 0 Å². The maximum Gasteiger partial charge on any atom is 0.239 e. The molecular formula is C16H28N2O3. The van der Waals surface area contributed by atoms with Gasteiger partial charge in [-0.25, -0.2) is 0 Å². The number of amides is 1. The molecule has 1 saturated carbocycles. The van der Waals surface area contributed by atoms with Crippen LogP contribution in [0.2, 0.25) is 0 Å². The number of likely N-dealkylation sites (N-methyl/N-ethyl adjacent to an activating group) is 1. The number of ether oxygens (including phenoxy) is 2. The summed E-state index contributed by atoms with van der Waals surface area (Å²) in [6.07, 6.45) is 6.31. The summed E-state index contributed by atoms with van der Waals surface area (Å²) in [5, 5.41) is 0. The number of likely N-dealkylation sites (tertiary alicyclic amines) is 1. The predicted molar refractivity (Wildman–Crippen MR) is 79.9 cm³/mol. The molecule has 1 spiro atoms. The van der Waals surface area contributed by atoms with Gasteiger partial charge in [0.05, 0.1) is 19.3 Å². The summed E-state index contributed by atoms with van der Waals surface area (Å²) in [6, 6.07) is 0.442. The van der Waals surface area contributed by atoms with E-state index in [0.717, 1.165) is 64.8 Å². The molecule has 3 rings (SSSR count). The molecule has 0 N–H and O–H groups in total. The maximum atomic E-state index is 12.5. The lowest BCUT2D eigenvalue weighted by Gasteiger charge is -2.41. The standard InChI is InChI=1S/C16H28N2O3/c1-13(15(19)18-9-3-4-10-18)17(2)14-5-7-16(8-6-14)20-11-12-21-16/h13-14H,3-12H2,1-2H3. The first-order valence-corrected chi connectivity index (χ1v) is 8.40. The topological polar surface area (TPSA) is 42.0 Å². The van der Waals surface area contributed by atoms with E-state index in [1.54, 1.807) is 0 Å². The van der Waals surface area contributed by atoms with Crippen molar-refractivity contribution in [1.82, 2.24) is 9.80 Å². The molecule has 3 fully saturated rings. The predicted octanol–water partition coefficient (Wildman–Crippen LogP) is 1.61. The lowest BCUT2D eigenvalue weighted by molar-refractivity contribution is -0.184. The molecule has 120 valence electrons. The van der Waals surface area contributed by atoms with Gasteiger partial charge in [-0.3, -0.25) is 9.69 Å². The molecule has 1 atom stereocenters. The highest BCUT2D eigenvalue weighted by molar-refractivity contribution is 5.81. The fourth-order valence-corrected chi connectivity index (χ4v) is 3.93. The molecule has 2 saturated heterocycles. The van der Waals surface area contributed by atoms with Crippen molar-refractivity contribution in [2.45, 2.75) is 63.3 Å². The van der Waals surface area contributed by atoms with E-state index in [-0.39, 0.29) is 11.8 Å². The van der Waals surface area contributed by atoms with E-state index in [9.17, 15) is 4.79 Å². The summed E-state index contributed by atoms with van der Waals surface area (Å²) in [4.78, 5) is 16.8. The van der Waals surface area contributed by atoms with Crippen LogP contribution in [0, 0.1) is 0 Å². The first-order chi connectivity index (χ1) is 10.1. The second-order valence-corrected chi connectivity index (χ2v) is 6.71. The van der Waals surface area contributed by atoms with Crippen molar-refractivity contribution in [1.29, 1.82) is 0 Å². The summed E-state index contributed by atoms with van der Waals surface area (Å²) in [5.74, 6) is -0.0110. The Morgan fingerprint density at radius 3 is 2.33 bits per heavy atom. The fraction of sp³-hybridized carbons (Fsp3) is 0.938. The zero-order valence-electron chi connectivity index (χ0n) is 13.3. The van der Waals surface area contributed by atoms with E-state index >= 15 is 0 Å². The van der Waals surface area contributed by atoms with Gasteiger partial charge in [0, 0.05) is 32.0 Å². The van der Waals surface area contributed by atoms with Gasteiger partial charge in [-0.2, -0.15) is 0 Å². The lowest BCUT2D eigenvalue weighted by Crippen LogP contribution is -2.51. The summed E-state index contributed by atoms with van der Waals surface area (Å²) in [7, 11) is 2.09. The molecule has 1 amide bonds. The van der Waals surface area contributed by atoms with Gasteiger partial charge in [-0.1, -0.05) is 0 Å². The number of hydrogen-bond acceptors (Lipinski definition) is 4. The Morgan fingerprint density at radius 2 is 1.76 bits per heavy atom. The second-order valence-electron chi connectivity index (χ2n) is 6.71. The van der Waals surface area contributed by atoms with Crippen LogP contribution in [0.25, 0.3) is 0 Å². The van der Waals surface area contributed by atoms with E-state index < -0.39 is 0 Å². The van der Waals surface area contributed by atoms with Gasteiger partial charge in [0.15, 0.2) is 5.79 Å². The molecule has 5 nitrogen and oxygen atoms in total. The molecule has 2 aliphatic heterocycles. The third-order valence-electron chi connectivity index (χ3n) is 5.49. The highest BCUT2D eigenvalue weighted by Gasteiger charge is 2.42. The van der Waals surface area contributed by atoms with Crippen molar-refractivity contribution >= 4 is 5.91 Å². The first kappa shape index (κ1) is 15.3. The second kappa shape index (κ2) is 6.23. The Morgan fingerprint density at radius 1 is 1.19 bits per heavy atom. The van der Waals surface area contributed by atoms with Crippen molar-refractivity contribution in [2.24, 2.45) is 0 Å². The van der Waals surface area contributed by atoms with Crippen LogP contribution in [-0.2, 0) is 14.3 Å². The Hall–Kier alpha value is -0.650. The van der Waals surface area contributed by atoms with Crippen LogP contribution in [0.3, 0.4) is 0 Å². The minimum Gasteiger partial charge on any atom is -0.348 e. The molecule has 0 aromatic carbocycles. The van der Waals surface area contributed by atoms with Crippen LogP contribution in [0.5, 0.6) is 0 Å². The molecule has 3 aliphatic rings. The van der Waals surface area contributed by atoms with Crippen LogP contribution in [0.15, 0.2) is 0 Å². The molecule has 1 unspecified atom stereocenters. The Kier molecular flexibility index (Phi) is 4.52. The molecule has 0 aromatic rings. The van der Waals surface area contributed by atoms with E-state index in [1.807, 2.05) is 11.8 Å². The number of carbonyl (C=O) groups is 1. The van der Waals surface area contributed by atoms with Gasteiger partial charge in [0.2, 0.25) is 5.91 Å². The van der Waals surface area contributed by atoms with Gasteiger partial charge < -0.3 is 14.4 Å². The Labute approximate surface area is 127 Å². The molecule has 5 heteroatoms. The van der Waals surface area contributed by atoms with Gasteiger partial charge in [-0.15, -0.1) is 0 Å². The molecular weight excluding hydrogens is 268 g/mol. The third kappa shape index (κ3) is 3.10. The Bertz CT molecular complexity index is 366. The first-order valence-electron chi connectivity index (χ1n) is 8.40. The quantitative estimate of drug-likeness (QED) is 0.793. The Balaban J connectivity index is 1.53. The average molecular weight is 296 g/mol. The number of hydrogen-bond donors (Lipinski definition) is 0. The SMILES string of the molecule is CC(C(=O)N1CCCC1)N(C)C1CCC2(CC1)OCCO2. The summed E-state index contributed by atoms with van der Waals surface area (Å²) in [5.41, 5.74) is 0.